The van der Waals surface area contributed by atoms with Crippen molar-refractivity contribution in [2.24, 2.45) is 12.8 Å². The van der Waals surface area contributed by atoms with Crippen molar-refractivity contribution in [3.8, 4) is 22.1 Å². The number of amides is 1. The van der Waals surface area contributed by atoms with Crippen molar-refractivity contribution in [3.63, 3.8) is 0 Å². The standard InChI is InChI=1S/C18H14F3N3O2S/c1-24-14-9(8-23-24)2-7-12-13(14)17(27-15(12)16(22)25)26-11-5-3-10(4-6-11)18(19,20)21/h3-6,8H,2,7H2,1H3,(H2,22,25). The Morgan fingerprint density at radius 2 is 1.96 bits per heavy atom. The summed E-state index contributed by atoms with van der Waals surface area (Å²) in [4.78, 5) is 12.3. The maximum atomic E-state index is 12.7. The Balaban J connectivity index is 1.78. The van der Waals surface area contributed by atoms with E-state index in [0.29, 0.717) is 16.4 Å². The van der Waals surface area contributed by atoms with Gasteiger partial charge in [-0.25, -0.2) is 0 Å². The molecule has 0 aliphatic heterocycles. The minimum absolute atomic E-state index is 0.248. The Morgan fingerprint density at radius 1 is 1.26 bits per heavy atom. The molecule has 0 bridgehead atoms. The number of hydrogen-bond donors (Lipinski definition) is 1. The molecule has 1 amide bonds. The molecule has 0 fully saturated rings. The van der Waals surface area contributed by atoms with Crippen LogP contribution in [0.5, 0.6) is 10.8 Å². The summed E-state index contributed by atoms with van der Waals surface area (Å²) in [5.74, 6) is -0.304. The number of alkyl halides is 3. The van der Waals surface area contributed by atoms with Crippen LogP contribution >= 0.6 is 11.3 Å². The van der Waals surface area contributed by atoms with E-state index in [2.05, 4.69) is 5.10 Å². The number of ether oxygens (including phenoxy) is 1. The summed E-state index contributed by atoms with van der Waals surface area (Å²) in [6.45, 7) is 0. The van der Waals surface area contributed by atoms with E-state index in [1.807, 2.05) is 0 Å². The van der Waals surface area contributed by atoms with Crippen molar-refractivity contribution in [2.75, 3.05) is 0 Å². The van der Waals surface area contributed by atoms with Gasteiger partial charge in [0.15, 0.2) is 5.06 Å². The van der Waals surface area contributed by atoms with Gasteiger partial charge < -0.3 is 10.5 Å². The van der Waals surface area contributed by atoms with E-state index in [0.717, 1.165) is 52.3 Å². The van der Waals surface area contributed by atoms with E-state index in [-0.39, 0.29) is 5.75 Å². The quantitative estimate of drug-likeness (QED) is 0.727. The normalized spacial score (nSPS) is 13.2. The van der Waals surface area contributed by atoms with E-state index in [1.165, 1.54) is 12.1 Å². The number of nitrogens with zero attached hydrogens (tertiary/aromatic N) is 2. The van der Waals surface area contributed by atoms with Gasteiger partial charge in [-0.1, -0.05) is 11.3 Å². The van der Waals surface area contributed by atoms with Crippen LogP contribution in [-0.2, 0) is 26.1 Å². The average Bonchev–Trinajstić information content (AvgIpc) is 3.16. The number of carbonyl (C=O) groups excluding carboxylic acids is 1. The Hall–Kier alpha value is -2.81. The molecule has 2 aromatic heterocycles. The van der Waals surface area contributed by atoms with Crippen molar-refractivity contribution in [3.05, 3.63) is 52.0 Å². The second-order valence-corrected chi connectivity index (χ2v) is 7.19. The van der Waals surface area contributed by atoms with Crippen LogP contribution in [0.2, 0.25) is 0 Å². The molecule has 1 aliphatic carbocycles. The van der Waals surface area contributed by atoms with Gasteiger partial charge in [-0.15, -0.1) is 0 Å². The third-order valence-corrected chi connectivity index (χ3v) is 5.61. The highest BCUT2D eigenvalue weighted by Crippen LogP contribution is 2.48. The number of nitrogens with two attached hydrogens (primary N) is 1. The molecule has 0 unspecified atom stereocenters. The van der Waals surface area contributed by atoms with Crippen LogP contribution in [0.1, 0.15) is 26.4 Å². The number of thiophene rings is 1. The van der Waals surface area contributed by atoms with Gasteiger partial charge in [0.1, 0.15) is 5.75 Å². The van der Waals surface area contributed by atoms with Crippen molar-refractivity contribution in [2.45, 2.75) is 19.0 Å². The second kappa shape index (κ2) is 6.12. The molecule has 3 aromatic rings. The smallest absolute Gasteiger partial charge is 0.416 e. The number of carbonyl (C=O) groups is 1. The predicted octanol–water partition coefficient (Wildman–Crippen LogP) is 4.16. The van der Waals surface area contributed by atoms with E-state index in [4.69, 9.17) is 10.5 Å². The molecule has 2 N–H and O–H groups in total. The van der Waals surface area contributed by atoms with E-state index >= 15 is 0 Å². The first kappa shape index (κ1) is 17.6. The van der Waals surface area contributed by atoms with E-state index in [1.54, 1.807) is 17.9 Å². The van der Waals surface area contributed by atoms with Crippen LogP contribution in [-0.4, -0.2) is 15.7 Å². The monoisotopic (exact) mass is 393 g/mol. The van der Waals surface area contributed by atoms with Crippen LogP contribution in [0, 0.1) is 0 Å². The molecule has 0 spiro atoms. The van der Waals surface area contributed by atoms with Crippen LogP contribution < -0.4 is 10.5 Å². The molecule has 0 saturated heterocycles. The van der Waals surface area contributed by atoms with Gasteiger partial charge in [-0.2, -0.15) is 18.3 Å². The fourth-order valence-corrected chi connectivity index (χ4v) is 4.33. The Bertz CT molecular complexity index is 1040. The zero-order valence-corrected chi connectivity index (χ0v) is 14.9. The van der Waals surface area contributed by atoms with Crippen molar-refractivity contribution in [1.82, 2.24) is 9.78 Å². The molecule has 0 radical (unpaired) electrons. The van der Waals surface area contributed by atoms with Crippen LogP contribution in [0.15, 0.2) is 30.5 Å². The summed E-state index contributed by atoms with van der Waals surface area (Å²) in [7, 11) is 1.79. The summed E-state index contributed by atoms with van der Waals surface area (Å²) < 4.78 is 45.8. The highest BCUT2D eigenvalue weighted by molar-refractivity contribution is 7.16. The lowest BCUT2D eigenvalue weighted by Gasteiger charge is -2.16. The number of aryl methyl sites for hydroxylation is 2. The van der Waals surface area contributed by atoms with Crippen molar-refractivity contribution in [1.29, 1.82) is 0 Å². The van der Waals surface area contributed by atoms with E-state index < -0.39 is 17.6 Å². The van der Waals surface area contributed by atoms with Crippen LogP contribution in [0.25, 0.3) is 11.3 Å². The number of fused-ring (bicyclic) bond motifs is 3. The van der Waals surface area contributed by atoms with Crippen molar-refractivity contribution < 1.29 is 22.7 Å². The highest BCUT2D eigenvalue weighted by Gasteiger charge is 2.32. The summed E-state index contributed by atoms with van der Waals surface area (Å²) >= 11 is 1.10. The zero-order valence-electron chi connectivity index (χ0n) is 14.1. The van der Waals surface area contributed by atoms with Gasteiger partial charge >= 0.3 is 6.18 Å². The van der Waals surface area contributed by atoms with Gasteiger partial charge in [0.2, 0.25) is 0 Å². The summed E-state index contributed by atoms with van der Waals surface area (Å²) in [5.41, 5.74) is 8.15. The molecule has 27 heavy (non-hydrogen) atoms. The second-order valence-electron chi connectivity index (χ2n) is 6.20. The maximum absolute atomic E-state index is 12.7. The molecular formula is C18H14F3N3O2S. The number of benzene rings is 1. The minimum atomic E-state index is -4.41. The topological polar surface area (TPSA) is 70.1 Å². The molecule has 1 aliphatic rings. The number of aromatic nitrogens is 2. The number of halogens is 3. The molecule has 2 heterocycles. The molecule has 4 rings (SSSR count). The fourth-order valence-electron chi connectivity index (χ4n) is 3.26. The van der Waals surface area contributed by atoms with E-state index in [9.17, 15) is 18.0 Å². The van der Waals surface area contributed by atoms with Crippen LogP contribution in [0.3, 0.4) is 0 Å². The number of primary amides is 1. The summed E-state index contributed by atoms with van der Waals surface area (Å²) in [6, 6.07) is 4.43. The summed E-state index contributed by atoms with van der Waals surface area (Å²) in [6.07, 6.45) is -1.29. The molecule has 0 saturated carbocycles. The molecule has 140 valence electrons. The van der Waals surface area contributed by atoms with Gasteiger partial charge in [0, 0.05) is 7.05 Å². The van der Waals surface area contributed by atoms with Gasteiger partial charge in [-0.3, -0.25) is 9.48 Å². The Morgan fingerprint density at radius 3 is 2.59 bits per heavy atom. The number of hydrogen-bond acceptors (Lipinski definition) is 4. The van der Waals surface area contributed by atoms with Crippen LogP contribution in [0.4, 0.5) is 13.2 Å². The first-order chi connectivity index (χ1) is 12.8. The minimum Gasteiger partial charge on any atom is -0.446 e. The SMILES string of the molecule is Cn1ncc2c1-c1c(Oc3ccc(C(F)(F)F)cc3)sc(C(N)=O)c1CC2. The Labute approximate surface area is 156 Å². The molecule has 1 aromatic carbocycles. The lowest BCUT2D eigenvalue weighted by Crippen LogP contribution is -2.13. The zero-order chi connectivity index (χ0) is 19.3. The first-order valence-corrected chi connectivity index (χ1v) is 8.89. The maximum Gasteiger partial charge on any atom is 0.416 e. The Kier molecular flexibility index (Phi) is 3.99. The lowest BCUT2D eigenvalue weighted by atomic mass is 9.91. The largest absolute Gasteiger partial charge is 0.446 e. The number of rotatable bonds is 3. The van der Waals surface area contributed by atoms with Gasteiger partial charge in [0.05, 0.1) is 27.9 Å². The van der Waals surface area contributed by atoms with Gasteiger partial charge in [-0.05, 0) is 48.2 Å². The molecule has 0 atom stereocenters. The molecule has 9 heteroatoms. The molecular weight excluding hydrogens is 379 g/mol. The average molecular weight is 393 g/mol. The third-order valence-electron chi connectivity index (χ3n) is 4.49. The van der Waals surface area contributed by atoms with Crippen molar-refractivity contribution >= 4 is 17.2 Å². The predicted molar refractivity (Wildman–Crippen MR) is 94.0 cm³/mol. The first-order valence-electron chi connectivity index (χ1n) is 8.07. The van der Waals surface area contributed by atoms with Gasteiger partial charge in [0.25, 0.3) is 5.91 Å². The third kappa shape index (κ3) is 2.97. The highest BCUT2D eigenvalue weighted by atomic mass is 32.1. The fraction of sp³-hybridized carbons (Fsp3) is 0.222. The molecule has 5 nitrogen and oxygen atoms in total. The summed E-state index contributed by atoms with van der Waals surface area (Å²) in [5, 5.41) is 4.68. The lowest BCUT2D eigenvalue weighted by molar-refractivity contribution is -0.137.